The number of aromatic nitrogens is 1. The molecule has 0 aliphatic carbocycles. The van der Waals surface area contributed by atoms with Crippen LogP contribution in [-0.2, 0) is 14.3 Å². The van der Waals surface area contributed by atoms with Gasteiger partial charge in [0, 0.05) is 0 Å². The molecule has 176 valence electrons. The highest BCUT2D eigenvalue weighted by Gasteiger charge is 2.45. The monoisotopic (exact) mass is 474 g/mol. The second-order valence-corrected chi connectivity index (χ2v) is 9.91. The Bertz CT molecular complexity index is 1120. The van der Waals surface area contributed by atoms with Crippen LogP contribution < -0.4 is 4.98 Å². The van der Waals surface area contributed by atoms with E-state index in [0.29, 0.717) is 21.8 Å². The van der Waals surface area contributed by atoms with Crippen LogP contribution >= 0.6 is 11.3 Å². The van der Waals surface area contributed by atoms with Gasteiger partial charge in [0.25, 0.3) is 0 Å². The molecule has 0 radical (unpaired) electrons. The third kappa shape index (κ3) is 5.30. The molecule has 1 aromatic carbocycles. The minimum Gasteiger partial charge on any atom is -0.459 e. The van der Waals surface area contributed by atoms with Crippen molar-refractivity contribution in [3.05, 3.63) is 63.0 Å². The molecule has 0 unspecified atom stereocenters. The molecule has 1 atom stereocenters. The van der Waals surface area contributed by atoms with Gasteiger partial charge in [0.05, 0.1) is 22.8 Å². The number of thiazole rings is 1. The van der Waals surface area contributed by atoms with Crippen LogP contribution in [0, 0.1) is 12.7 Å². The van der Waals surface area contributed by atoms with Crippen molar-refractivity contribution in [2.45, 2.75) is 66.2 Å². The molecule has 3 rings (SSSR count). The quantitative estimate of drug-likeness (QED) is 0.586. The van der Waals surface area contributed by atoms with E-state index in [9.17, 15) is 14.0 Å². The van der Waals surface area contributed by atoms with Crippen LogP contribution in [0.25, 0.3) is 0 Å². The Morgan fingerprint density at radius 3 is 2.52 bits per heavy atom. The Balaban J connectivity index is 2.30. The molecular formula is C24H29FN3O4S+. The van der Waals surface area contributed by atoms with Gasteiger partial charge in [0.2, 0.25) is 5.84 Å². The van der Waals surface area contributed by atoms with E-state index in [4.69, 9.17) is 9.47 Å². The summed E-state index contributed by atoms with van der Waals surface area (Å²) in [4.78, 5) is 35.7. The third-order valence-corrected chi connectivity index (χ3v) is 5.66. The number of esters is 1. The van der Waals surface area contributed by atoms with Crippen LogP contribution in [0.2, 0.25) is 0 Å². The number of carbonyl (C=O) groups excluding carboxylic acids is 2. The van der Waals surface area contributed by atoms with Crippen LogP contribution in [0.4, 0.5) is 9.18 Å². The number of hydrogen-bond donors (Lipinski definition) is 0. The highest BCUT2D eigenvalue weighted by molar-refractivity contribution is 7.11. The largest absolute Gasteiger partial charge is 0.459 e. The van der Waals surface area contributed by atoms with Gasteiger partial charge in [-0.05, 0) is 65.7 Å². The minimum absolute atomic E-state index is 0.156. The normalized spacial score (nSPS) is 16.7. The summed E-state index contributed by atoms with van der Waals surface area (Å²) in [5.74, 6) is -0.785. The molecule has 0 fully saturated rings. The van der Waals surface area contributed by atoms with E-state index >= 15 is 0 Å². The van der Waals surface area contributed by atoms with E-state index in [1.54, 1.807) is 66.8 Å². The summed E-state index contributed by atoms with van der Waals surface area (Å²) in [6.07, 6.45) is 0.622. The Morgan fingerprint density at radius 1 is 1.24 bits per heavy atom. The number of halogens is 1. The van der Waals surface area contributed by atoms with Crippen molar-refractivity contribution in [3.8, 4) is 0 Å². The molecule has 1 aliphatic heterocycles. The van der Waals surface area contributed by atoms with Gasteiger partial charge in [0.1, 0.15) is 17.5 Å². The first-order valence-corrected chi connectivity index (χ1v) is 11.5. The number of allylic oxidation sites excluding steroid dienone is 1. The molecule has 0 saturated heterocycles. The molecule has 1 aliphatic rings. The highest BCUT2D eigenvalue weighted by Crippen LogP contribution is 2.40. The smallest absolute Gasteiger partial charge is 0.417 e. The molecule has 1 amide bonds. The zero-order chi connectivity index (χ0) is 24.5. The molecule has 0 bridgehead atoms. The number of nitrogens with one attached hydrogen (secondary N) is 1. The second-order valence-electron chi connectivity index (χ2n) is 8.99. The lowest BCUT2D eigenvalue weighted by Gasteiger charge is -2.37. The molecule has 2 aromatic rings. The molecule has 7 nitrogen and oxygen atoms in total. The first-order chi connectivity index (χ1) is 15.4. The minimum atomic E-state index is -0.996. The summed E-state index contributed by atoms with van der Waals surface area (Å²) >= 11 is 1.35. The number of aliphatic imine (C=N–C) groups is 1. The topological polar surface area (TPSA) is 82.3 Å². The maximum atomic E-state index is 14.6. The molecule has 1 N–H and O–H groups in total. The van der Waals surface area contributed by atoms with Gasteiger partial charge >= 0.3 is 17.1 Å². The fraction of sp³-hybridized carbons (Fsp3) is 0.417. The number of aromatic amines is 1. The van der Waals surface area contributed by atoms with Crippen molar-refractivity contribution >= 4 is 29.2 Å². The Morgan fingerprint density at radius 2 is 1.94 bits per heavy atom. The maximum Gasteiger partial charge on any atom is 0.417 e. The summed E-state index contributed by atoms with van der Waals surface area (Å²) in [6.45, 7) is 12.0. The second kappa shape index (κ2) is 9.43. The number of amides is 1. The van der Waals surface area contributed by atoms with E-state index in [1.165, 1.54) is 22.3 Å². The Hall–Kier alpha value is -3.07. The predicted molar refractivity (Wildman–Crippen MR) is 123 cm³/mol. The van der Waals surface area contributed by atoms with Crippen LogP contribution in [0.15, 0.2) is 46.0 Å². The Labute approximate surface area is 196 Å². The average molecular weight is 475 g/mol. The number of H-pyrrole nitrogens is 1. The first kappa shape index (κ1) is 24.6. The lowest BCUT2D eigenvalue weighted by Crippen LogP contribution is -2.48. The van der Waals surface area contributed by atoms with Gasteiger partial charge in [-0.15, -0.1) is 0 Å². The number of ether oxygens (including phenoxy) is 2. The van der Waals surface area contributed by atoms with Gasteiger partial charge in [-0.25, -0.2) is 23.9 Å². The zero-order valence-electron chi connectivity index (χ0n) is 19.9. The molecule has 9 heteroatoms. The number of amidine groups is 1. The first-order valence-electron chi connectivity index (χ1n) is 10.6. The lowest BCUT2D eigenvalue weighted by atomic mass is 9.90. The number of nitrogens with zero attached hydrogens (tertiary/aromatic N) is 2. The fourth-order valence-electron chi connectivity index (χ4n) is 3.50. The lowest BCUT2D eigenvalue weighted by molar-refractivity contribution is -0.373. The predicted octanol–water partition coefficient (Wildman–Crippen LogP) is 4.97. The maximum absolute atomic E-state index is 14.6. The van der Waals surface area contributed by atoms with E-state index in [1.807, 2.05) is 5.38 Å². The third-order valence-electron chi connectivity index (χ3n) is 4.85. The number of carbonyl (C=O) groups is 2. The summed E-state index contributed by atoms with van der Waals surface area (Å²) in [5, 5.41) is 2.41. The van der Waals surface area contributed by atoms with Gasteiger partial charge < -0.3 is 9.47 Å². The Kier molecular flexibility index (Phi) is 7.02. The molecule has 2 heterocycles. The highest BCUT2D eigenvalue weighted by atomic mass is 32.1. The van der Waals surface area contributed by atoms with Gasteiger partial charge in [-0.1, -0.05) is 23.5 Å². The van der Waals surface area contributed by atoms with Crippen molar-refractivity contribution in [1.29, 1.82) is 0 Å². The van der Waals surface area contributed by atoms with Crippen LogP contribution in [0.5, 0.6) is 0 Å². The summed E-state index contributed by atoms with van der Waals surface area (Å²) < 4.78 is 25.8. The van der Waals surface area contributed by atoms with Crippen LogP contribution in [-0.4, -0.2) is 34.5 Å². The standard InChI is InChI=1S/C24H28FN3O4S/c1-13(2)31-22(29)18-15(4)27-20(21-26-11-12-33-21)28(23(30)32-24(5,6)7)19(18)16-9-8-10-17(25)14(16)3/h8-13,19H,1-7H3/p+1/t19-/m0/s1. The SMILES string of the molecule is CC1=C(C(=O)OC(C)C)[C@H](c2cccc(F)c2C)N(C(=O)OC(C)(C)C)C(c2[nH+]ccs2)=N1. The van der Waals surface area contributed by atoms with Crippen molar-refractivity contribution < 1.29 is 28.4 Å². The number of benzene rings is 1. The zero-order valence-corrected chi connectivity index (χ0v) is 20.7. The summed E-state index contributed by atoms with van der Waals surface area (Å²) in [7, 11) is 0. The number of rotatable bonds is 4. The molecule has 1 aromatic heterocycles. The van der Waals surface area contributed by atoms with E-state index in [2.05, 4.69) is 9.98 Å². The van der Waals surface area contributed by atoms with Crippen molar-refractivity contribution in [1.82, 2.24) is 4.90 Å². The fourth-order valence-corrected chi connectivity index (χ4v) is 4.16. The van der Waals surface area contributed by atoms with Crippen molar-refractivity contribution in [2.24, 2.45) is 4.99 Å². The van der Waals surface area contributed by atoms with Gasteiger partial charge in [-0.3, -0.25) is 0 Å². The number of hydrogen-bond acceptors (Lipinski definition) is 6. The summed E-state index contributed by atoms with van der Waals surface area (Å²) in [5.41, 5.74) is 0.488. The van der Waals surface area contributed by atoms with Gasteiger partial charge in [-0.2, -0.15) is 4.98 Å². The average Bonchev–Trinajstić information content (AvgIpc) is 3.22. The molecule has 0 spiro atoms. The van der Waals surface area contributed by atoms with E-state index in [-0.39, 0.29) is 11.4 Å². The van der Waals surface area contributed by atoms with Crippen LogP contribution in [0.1, 0.15) is 63.7 Å². The molecular weight excluding hydrogens is 445 g/mol. The van der Waals surface area contributed by atoms with Crippen molar-refractivity contribution in [2.75, 3.05) is 0 Å². The molecule has 0 saturated carbocycles. The van der Waals surface area contributed by atoms with Crippen molar-refractivity contribution in [3.63, 3.8) is 0 Å². The van der Waals surface area contributed by atoms with E-state index < -0.39 is 35.6 Å². The summed E-state index contributed by atoms with van der Waals surface area (Å²) in [6, 6.07) is 3.58. The van der Waals surface area contributed by atoms with Gasteiger partial charge in [0.15, 0.2) is 6.20 Å². The molecule has 33 heavy (non-hydrogen) atoms. The van der Waals surface area contributed by atoms with Crippen LogP contribution in [0.3, 0.4) is 0 Å². The van der Waals surface area contributed by atoms with E-state index in [0.717, 1.165) is 0 Å².